The predicted molar refractivity (Wildman–Crippen MR) is 107 cm³/mol. The molecule has 0 unspecified atom stereocenters. The summed E-state index contributed by atoms with van der Waals surface area (Å²) in [5.41, 5.74) is 5.56. The van der Waals surface area contributed by atoms with E-state index in [0.717, 1.165) is 38.8 Å². The maximum atomic E-state index is 12.7. The summed E-state index contributed by atoms with van der Waals surface area (Å²) in [7, 11) is 3.45. The molecule has 3 heterocycles. The molecule has 0 saturated heterocycles. The van der Waals surface area contributed by atoms with Crippen molar-refractivity contribution in [1.29, 1.82) is 0 Å². The van der Waals surface area contributed by atoms with Crippen LogP contribution >= 0.6 is 0 Å². The lowest BCUT2D eigenvalue weighted by molar-refractivity contribution is 0.181. The molecule has 4 aromatic rings. The molecular weight excluding hydrogens is 340 g/mol. The highest BCUT2D eigenvalue weighted by Crippen LogP contribution is 2.29. The maximum absolute atomic E-state index is 12.7. The van der Waals surface area contributed by atoms with Crippen LogP contribution in [0.4, 0.5) is 0 Å². The number of pyridine rings is 2. The van der Waals surface area contributed by atoms with Gasteiger partial charge in [-0.2, -0.15) is 0 Å². The molecule has 6 nitrogen and oxygen atoms in total. The zero-order chi connectivity index (χ0) is 19.1. The molecule has 3 aromatic heterocycles. The van der Waals surface area contributed by atoms with Crippen molar-refractivity contribution in [3.05, 3.63) is 58.9 Å². The first-order chi connectivity index (χ1) is 13.0. The van der Waals surface area contributed by atoms with E-state index in [0.29, 0.717) is 6.61 Å². The molecule has 1 aromatic carbocycles. The van der Waals surface area contributed by atoms with Gasteiger partial charge in [-0.15, -0.1) is 0 Å². The van der Waals surface area contributed by atoms with E-state index < -0.39 is 0 Å². The van der Waals surface area contributed by atoms with Crippen molar-refractivity contribution in [1.82, 2.24) is 19.1 Å². The Balaban J connectivity index is 1.96. The molecule has 4 rings (SSSR count). The van der Waals surface area contributed by atoms with E-state index in [9.17, 15) is 4.79 Å². The highest BCUT2D eigenvalue weighted by Gasteiger charge is 2.17. The molecule has 0 aliphatic rings. The molecule has 0 amide bonds. The maximum Gasteiger partial charge on any atom is 0.329 e. The average Bonchev–Trinajstić information content (AvgIpc) is 2.93. The van der Waals surface area contributed by atoms with Crippen molar-refractivity contribution in [2.75, 3.05) is 7.11 Å². The topological polar surface area (TPSA) is 61.9 Å². The quantitative estimate of drug-likeness (QED) is 0.556. The van der Waals surface area contributed by atoms with E-state index in [4.69, 9.17) is 4.74 Å². The first-order valence-electron chi connectivity index (χ1n) is 8.95. The van der Waals surface area contributed by atoms with E-state index in [-0.39, 0.29) is 11.7 Å². The van der Waals surface area contributed by atoms with Crippen LogP contribution in [0, 0.1) is 0 Å². The van der Waals surface area contributed by atoms with Gasteiger partial charge in [-0.3, -0.25) is 19.1 Å². The van der Waals surface area contributed by atoms with Gasteiger partial charge in [0.15, 0.2) is 0 Å². The summed E-state index contributed by atoms with van der Waals surface area (Å²) in [6.45, 7) is 4.54. The number of fused-ring (bicyclic) bond motifs is 3. The number of imidazole rings is 1. The van der Waals surface area contributed by atoms with Crippen LogP contribution in [0.1, 0.15) is 25.6 Å². The highest BCUT2D eigenvalue weighted by atomic mass is 16.5. The minimum Gasteiger partial charge on any atom is -0.378 e. The van der Waals surface area contributed by atoms with E-state index in [1.54, 1.807) is 24.9 Å². The average molecular weight is 362 g/mol. The van der Waals surface area contributed by atoms with E-state index in [1.807, 2.05) is 48.9 Å². The summed E-state index contributed by atoms with van der Waals surface area (Å²) in [4.78, 5) is 21.7. The van der Waals surface area contributed by atoms with Crippen molar-refractivity contribution in [3.8, 4) is 11.1 Å². The van der Waals surface area contributed by atoms with Gasteiger partial charge in [0.2, 0.25) is 0 Å². The van der Waals surface area contributed by atoms with Crippen LogP contribution < -0.4 is 5.69 Å². The van der Waals surface area contributed by atoms with Crippen molar-refractivity contribution >= 4 is 21.9 Å². The van der Waals surface area contributed by atoms with Gasteiger partial charge in [0.1, 0.15) is 0 Å². The number of aryl methyl sites for hydroxylation is 1. The third-order valence-electron chi connectivity index (χ3n) is 4.88. The van der Waals surface area contributed by atoms with Crippen LogP contribution in [0.15, 0.2) is 47.5 Å². The van der Waals surface area contributed by atoms with Gasteiger partial charge in [0, 0.05) is 37.3 Å². The van der Waals surface area contributed by atoms with Crippen LogP contribution in [-0.2, 0) is 18.4 Å². The highest BCUT2D eigenvalue weighted by molar-refractivity contribution is 6.04. The first kappa shape index (κ1) is 17.4. The van der Waals surface area contributed by atoms with E-state index in [2.05, 4.69) is 16.0 Å². The van der Waals surface area contributed by atoms with Gasteiger partial charge in [-0.1, -0.05) is 12.1 Å². The predicted octanol–water partition coefficient (Wildman–Crippen LogP) is 3.68. The van der Waals surface area contributed by atoms with Gasteiger partial charge in [-0.05, 0) is 37.6 Å². The second-order valence-electron chi connectivity index (χ2n) is 7.00. The van der Waals surface area contributed by atoms with E-state index >= 15 is 0 Å². The largest absolute Gasteiger partial charge is 0.378 e. The van der Waals surface area contributed by atoms with Gasteiger partial charge in [-0.25, -0.2) is 4.79 Å². The van der Waals surface area contributed by atoms with Crippen molar-refractivity contribution in [3.63, 3.8) is 0 Å². The lowest BCUT2D eigenvalue weighted by atomic mass is 10.0. The number of ether oxygens (including phenoxy) is 1. The first-order valence-corrected chi connectivity index (χ1v) is 8.95. The van der Waals surface area contributed by atoms with Crippen LogP contribution in [-0.4, -0.2) is 26.2 Å². The lowest BCUT2D eigenvalue weighted by Crippen LogP contribution is -2.23. The third-order valence-corrected chi connectivity index (χ3v) is 4.88. The van der Waals surface area contributed by atoms with Gasteiger partial charge in [0.05, 0.1) is 35.0 Å². The fourth-order valence-electron chi connectivity index (χ4n) is 3.51. The van der Waals surface area contributed by atoms with Crippen LogP contribution in [0.3, 0.4) is 0 Å². The minimum atomic E-state index is -0.0229. The fourth-order valence-corrected chi connectivity index (χ4v) is 3.51. The number of nitrogens with zero attached hydrogens (tertiary/aromatic N) is 4. The monoisotopic (exact) mass is 362 g/mol. The molecule has 0 fully saturated rings. The Kier molecular flexibility index (Phi) is 4.28. The molecular formula is C21H22N4O2. The molecule has 0 N–H and O–H groups in total. The Bertz CT molecular complexity index is 1190. The van der Waals surface area contributed by atoms with Gasteiger partial charge < -0.3 is 4.74 Å². The third kappa shape index (κ3) is 2.82. The lowest BCUT2D eigenvalue weighted by Gasteiger charge is -2.10. The number of benzene rings is 1. The standard InChI is InChI=1S/C21H22N4O2/c1-13(2)25-20-17-9-14(15-5-7-16(12-27-4)22-10-15)6-8-18(17)23-11-19(20)24(3)21(25)26/h5-11,13H,12H2,1-4H3. The number of hydrogen-bond acceptors (Lipinski definition) is 4. The minimum absolute atomic E-state index is 0.0229. The fraction of sp³-hybridized carbons (Fsp3) is 0.286. The van der Waals surface area contributed by atoms with E-state index in [1.165, 1.54) is 0 Å². The zero-order valence-corrected chi connectivity index (χ0v) is 15.9. The zero-order valence-electron chi connectivity index (χ0n) is 15.9. The Hall–Kier alpha value is -2.99. The Morgan fingerprint density at radius 2 is 1.85 bits per heavy atom. The second kappa shape index (κ2) is 6.63. The second-order valence-corrected chi connectivity index (χ2v) is 7.00. The summed E-state index contributed by atoms with van der Waals surface area (Å²) in [6.07, 6.45) is 3.63. The van der Waals surface area contributed by atoms with Crippen molar-refractivity contribution in [2.24, 2.45) is 7.05 Å². The van der Waals surface area contributed by atoms with Crippen LogP contribution in [0.2, 0.25) is 0 Å². The summed E-state index contributed by atoms with van der Waals surface area (Å²) in [6, 6.07) is 10.2. The summed E-state index contributed by atoms with van der Waals surface area (Å²) in [5.74, 6) is 0. The molecule has 0 aliphatic carbocycles. The molecule has 0 saturated carbocycles. The smallest absolute Gasteiger partial charge is 0.329 e. The molecule has 138 valence electrons. The summed E-state index contributed by atoms with van der Waals surface area (Å²) < 4.78 is 8.62. The van der Waals surface area contributed by atoms with Gasteiger partial charge in [0.25, 0.3) is 0 Å². The molecule has 0 bridgehead atoms. The SMILES string of the molecule is COCc1ccc(-c2ccc3ncc4c(c3c2)n(C(C)C)c(=O)n4C)cn1. The molecule has 0 radical (unpaired) electrons. The molecule has 6 heteroatoms. The number of rotatable bonds is 4. The molecule has 0 aliphatic heterocycles. The normalized spacial score (nSPS) is 11.7. The Morgan fingerprint density at radius 3 is 2.52 bits per heavy atom. The Morgan fingerprint density at radius 1 is 1.07 bits per heavy atom. The molecule has 0 spiro atoms. The summed E-state index contributed by atoms with van der Waals surface area (Å²) >= 11 is 0. The summed E-state index contributed by atoms with van der Waals surface area (Å²) in [5, 5.41) is 0.970. The number of aromatic nitrogens is 4. The molecule has 0 atom stereocenters. The Labute approximate surface area is 157 Å². The number of hydrogen-bond donors (Lipinski definition) is 0. The molecule has 27 heavy (non-hydrogen) atoms. The van der Waals surface area contributed by atoms with Crippen LogP contribution in [0.5, 0.6) is 0 Å². The van der Waals surface area contributed by atoms with Crippen molar-refractivity contribution < 1.29 is 4.74 Å². The number of methoxy groups -OCH3 is 1. The van der Waals surface area contributed by atoms with Gasteiger partial charge >= 0.3 is 5.69 Å². The van der Waals surface area contributed by atoms with Crippen molar-refractivity contribution in [2.45, 2.75) is 26.5 Å². The van der Waals surface area contributed by atoms with Crippen LogP contribution in [0.25, 0.3) is 33.1 Å².